The van der Waals surface area contributed by atoms with Crippen molar-refractivity contribution >= 4 is 11.6 Å². The van der Waals surface area contributed by atoms with E-state index in [1.165, 1.54) is 0 Å². The van der Waals surface area contributed by atoms with Crippen molar-refractivity contribution in [2.45, 2.75) is 6.54 Å². The molecule has 0 bridgehead atoms. The van der Waals surface area contributed by atoms with Crippen molar-refractivity contribution in [2.24, 2.45) is 0 Å². The number of aromatic nitrogens is 6. The molecule has 2 heterocycles. The van der Waals surface area contributed by atoms with E-state index in [9.17, 15) is 0 Å². The highest BCUT2D eigenvalue weighted by atomic mass is 15.5. The average molecular weight is 296 g/mol. The molecule has 0 aliphatic carbocycles. The van der Waals surface area contributed by atoms with Gasteiger partial charge in [0.15, 0.2) is 0 Å². The number of hydrogen-bond donors (Lipinski definition) is 1. The first-order valence-corrected chi connectivity index (χ1v) is 6.78. The lowest BCUT2D eigenvalue weighted by Crippen LogP contribution is -2.13. The Morgan fingerprint density at radius 1 is 1.18 bits per heavy atom. The molecule has 0 unspecified atom stereocenters. The summed E-state index contributed by atoms with van der Waals surface area (Å²) in [6, 6.07) is 7.86. The number of hydrogen-bond acceptors (Lipinski definition) is 7. The van der Waals surface area contributed by atoms with Gasteiger partial charge < -0.3 is 10.2 Å². The number of nitrogens with one attached hydrogen (secondary N) is 1. The summed E-state index contributed by atoms with van der Waals surface area (Å²) in [5.41, 5.74) is 2.89. The van der Waals surface area contributed by atoms with Crippen LogP contribution in [0.4, 0.5) is 11.6 Å². The maximum atomic E-state index is 4.29. The van der Waals surface area contributed by atoms with Gasteiger partial charge in [0.2, 0.25) is 5.95 Å². The van der Waals surface area contributed by atoms with Crippen molar-refractivity contribution in [2.75, 3.05) is 24.3 Å². The van der Waals surface area contributed by atoms with Gasteiger partial charge in [-0.1, -0.05) is 6.07 Å². The van der Waals surface area contributed by atoms with Gasteiger partial charge in [-0.15, -0.1) is 5.10 Å². The molecule has 8 heteroatoms. The summed E-state index contributed by atoms with van der Waals surface area (Å²) < 4.78 is 1.61. The fraction of sp³-hybridized carbons (Fsp3) is 0.214. The van der Waals surface area contributed by atoms with E-state index in [1.54, 1.807) is 11.0 Å². The molecular weight excluding hydrogens is 280 g/mol. The highest BCUT2D eigenvalue weighted by Crippen LogP contribution is 2.14. The van der Waals surface area contributed by atoms with Crippen LogP contribution in [0.3, 0.4) is 0 Å². The minimum atomic E-state index is 0.646. The molecule has 0 aliphatic rings. The van der Waals surface area contributed by atoms with Gasteiger partial charge >= 0.3 is 0 Å². The van der Waals surface area contributed by atoms with Gasteiger partial charge in [-0.25, -0.2) is 14.6 Å². The lowest BCUT2D eigenvalue weighted by molar-refractivity contribution is 0.789. The van der Waals surface area contributed by atoms with E-state index in [1.807, 2.05) is 55.7 Å². The minimum absolute atomic E-state index is 0.646. The predicted molar refractivity (Wildman–Crippen MR) is 82.8 cm³/mol. The molecule has 1 N–H and O–H groups in total. The third-order valence-electron chi connectivity index (χ3n) is 3.05. The van der Waals surface area contributed by atoms with Crippen LogP contribution in [-0.2, 0) is 6.54 Å². The van der Waals surface area contributed by atoms with E-state index in [4.69, 9.17) is 0 Å². The zero-order valence-corrected chi connectivity index (χ0v) is 12.4. The Morgan fingerprint density at radius 2 is 2.00 bits per heavy atom. The van der Waals surface area contributed by atoms with Crippen LogP contribution in [0.15, 0.2) is 43.0 Å². The largest absolute Gasteiger partial charge is 0.381 e. The van der Waals surface area contributed by atoms with Crippen LogP contribution in [0, 0.1) is 0 Å². The van der Waals surface area contributed by atoms with Crippen LogP contribution >= 0.6 is 0 Å². The zero-order valence-electron chi connectivity index (χ0n) is 12.4. The fourth-order valence-electron chi connectivity index (χ4n) is 1.91. The van der Waals surface area contributed by atoms with Crippen LogP contribution in [0.25, 0.3) is 5.69 Å². The molecule has 0 fully saturated rings. The number of rotatable bonds is 5. The molecule has 22 heavy (non-hydrogen) atoms. The Labute approximate surface area is 127 Å². The van der Waals surface area contributed by atoms with E-state index in [0.717, 1.165) is 16.9 Å². The van der Waals surface area contributed by atoms with Crippen LogP contribution in [0.1, 0.15) is 5.56 Å². The number of tetrazole rings is 1. The van der Waals surface area contributed by atoms with Crippen molar-refractivity contribution in [1.29, 1.82) is 0 Å². The summed E-state index contributed by atoms with van der Waals surface area (Å²) in [5.74, 6) is 0.699. The second-order valence-electron chi connectivity index (χ2n) is 4.94. The molecule has 1 aromatic carbocycles. The van der Waals surface area contributed by atoms with Gasteiger partial charge in [0, 0.05) is 44.3 Å². The van der Waals surface area contributed by atoms with Crippen molar-refractivity contribution in [1.82, 2.24) is 30.2 Å². The molecule has 8 nitrogen and oxygen atoms in total. The van der Waals surface area contributed by atoms with Crippen LogP contribution in [-0.4, -0.2) is 44.3 Å². The maximum absolute atomic E-state index is 4.29. The number of nitrogens with zero attached hydrogens (tertiary/aromatic N) is 7. The Balaban J connectivity index is 1.67. The second-order valence-corrected chi connectivity index (χ2v) is 4.94. The molecule has 2 aromatic heterocycles. The standard InChI is InChI=1S/C14H16N8/c1-21(2)14-16-8-11(9-17-14)7-15-12-4-3-5-13(6-12)22-10-18-19-20-22/h3-6,8-10,15H,7H2,1-2H3. The quantitative estimate of drug-likeness (QED) is 0.755. The lowest BCUT2D eigenvalue weighted by Gasteiger charge is -2.11. The first-order valence-electron chi connectivity index (χ1n) is 6.78. The third-order valence-corrected chi connectivity index (χ3v) is 3.05. The highest BCUT2D eigenvalue weighted by Gasteiger charge is 2.02. The molecule has 112 valence electrons. The molecule has 0 atom stereocenters. The summed E-state index contributed by atoms with van der Waals surface area (Å²) in [4.78, 5) is 10.5. The summed E-state index contributed by atoms with van der Waals surface area (Å²) in [6.45, 7) is 0.646. The minimum Gasteiger partial charge on any atom is -0.381 e. The first-order chi connectivity index (χ1) is 10.7. The average Bonchev–Trinajstić information content (AvgIpc) is 3.08. The normalized spacial score (nSPS) is 10.5. The number of anilines is 2. The Kier molecular flexibility index (Phi) is 3.90. The predicted octanol–water partition coefficient (Wildman–Crippen LogP) is 1.13. The van der Waals surface area contributed by atoms with Crippen LogP contribution < -0.4 is 10.2 Å². The molecule has 0 saturated carbocycles. The van der Waals surface area contributed by atoms with E-state index < -0.39 is 0 Å². The fourth-order valence-corrected chi connectivity index (χ4v) is 1.91. The Bertz CT molecular complexity index is 721. The summed E-state index contributed by atoms with van der Waals surface area (Å²) in [7, 11) is 3.83. The van der Waals surface area contributed by atoms with Gasteiger partial charge in [0.05, 0.1) is 5.69 Å². The molecule has 0 radical (unpaired) electrons. The lowest BCUT2D eigenvalue weighted by atomic mass is 10.2. The summed E-state index contributed by atoms with van der Waals surface area (Å²) in [5, 5.41) is 14.5. The van der Waals surface area contributed by atoms with Crippen LogP contribution in [0.5, 0.6) is 0 Å². The SMILES string of the molecule is CN(C)c1ncc(CNc2cccc(-n3cnnn3)c2)cn1. The molecule has 3 rings (SSSR count). The monoisotopic (exact) mass is 296 g/mol. The van der Waals surface area contributed by atoms with Crippen LogP contribution in [0.2, 0.25) is 0 Å². The van der Waals surface area contributed by atoms with Crippen molar-refractivity contribution in [3.63, 3.8) is 0 Å². The van der Waals surface area contributed by atoms with E-state index >= 15 is 0 Å². The summed E-state index contributed by atoms with van der Waals surface area (Å²) in [6.07, 6.45) is 5.20. The first kappa shape index (κ1) is 13.9. The maximum Gasteiger partial charge on any atom is 0.224 e. The van der Waals surface area contributed by atoms with Gasteiger partial charge in [-0.3, -0.25) is 0 Å². The van der Waals surface area contributed by atoms with E-state index in [2.05, 4.69) is 30.8 Å². The smallest absolute Gasteiger partial charge is 0.224 e. The molecule has 0 aliphatic heterocycles. The molecule has 0 spiro atoms. The molecule has 3 aromatic rings. The Morgan fingerprint density at radius 3 is 2.68 bits per heavy atom. The van der Waals surface area contributed by atoms with E-state index in [0.29, 0.717) is 12.5 Å². The van der Waals surface area contributed by atoms with Crippen molar-refractivity contribution in [3.05, 3.63) is 48.5 Å². The second kappa shape index (κ2) is 6.17. The van der Waals surface area contributed by atoms with Gasteiger partial charge in [-0.05, 0) is 28.6 Å². The van der Waals surface area contributed by atoms with Gasteiger partial charge in [0.25, 0.3) is 0 Å². The number of benzene rings is 1. The summed E-state index contributed by atoms with van der Waals surface area (Å²) >= 11 is 0. The van der Waals surface area contributed by atoms with Gasteiger partial charge in [0.1, 0.15) is 6.33 Å². The molecule has 0 amide bonds. The topological polar surface area (TPSA) is 84.7 Å². The highest BCUT2D eigenvalue weighted by molar-refractivity contribution is 5.50. The van der Waals surface area contributed by atoms with E-state index in [-0.39, 0.29) is 0 Å². The van der Waals surface area contributed by atoms with Gasteiger partial charge in [-0.2, -0.15) is 0 Å². The zero-order chi connectivity index (χ0) is 15.4. The third kappa shape index (κ3) is 3.17. The van der Waals surface area contributed by atoms with Crippen molar-refractivity contribution in [3.8, 4) is 5.69 Å². The molecular formula is C14H16N8. The Hall–Kier alpha value is -3.03. The molecule has 0 saturated heterocycles. The van der Waals surface area contributed by atoms with Crippen molar-refractivity contribution < 1.29 is 0 Å².